The maximum atomic E-state index is 5.90. The summed E-state index contributed by atoms with van der Waals surface area (Å²) in [6, 6.07) is 4.22. The molecule has 100 valence electrons. The smallest absolute Gasteiger partial charge is 0.126 e. The third kappa shape index (κ3) is 2.83. The number of rotatable bonds is 4. The highest BCUT2D eigenvalue weighted by Crippen LogP contribution is 2.40. The highest BCUT2D eigenvalue weighted by Gasteiger charge is 2.40. The fourth-order valence-electron chi connectivity index (χ4n) is 2.24. The number of pyridine rings is 1. The van der Waals surface area contributed by atoms with Gasteiger partial charge in [0.15, 0.2) is 0 Å². The third-order valence-electron chi connectivity index (χ3n) is 3.95. The molecule has 0 aromatic carbocycles. The molecule has 2 rings (SSSR count). The van der Waals surface area contributed by atoms with Crippen molar-refractivity contribution in [1.82, 2.24) is 4.98 Å². The Morgan fingerprint density at radius 2 is 1.94 bits per heavy atom. The van der Waals surface area contributed by atoms with Gasteiger partial charge in [0.25, 0.3) is 0 Å². The molecule has 1 atom stereocenters. The first-order chi connectivity index (χ1) is 8.35. The zero-order chi connectivity index (χ0) is 13.4. The quantitative estimate of drug-likeness (QED) is 0.860. The van der Waals surface area contributed by atoms with Crippen molar-refractivity contribution in [2.75, 3.05) is 11.9 Å². The van der Waals surface area contributed by atoms with Crippen molar-refractivity contribution in [2.24, 2.45) is 11.7 Å². The molecule has 1 aromatic rings. The van der Waals surface area contributed by atoms with Crippen LogP contribution in [0, 0.1) is 5.92 Å². The lowest BCUT2D eigenvalue weighted by molar-refractivity contribution is 0.457. The zero-order valence-electron chi connectivity index (χ0n) is 12.0. The summed E-state index contributed by atoms with van der Waals surface area (Å²) in [5.41, 5.74) is 7.31. The summed E-state index contributed by atoms with van der Waals surface area (Å²) in [6.07, 6.45) is 4.52. The molecule has 0 radical (unpaired) electrons. The minimum Gasteiger partial charge on any atom is -0.363 e. The van der Waals surface area contributed by atoms with Gasteiger partial charge >= 0.3 is 0 Å². The minimum atomic E-state index is -0.00372. The first kappa shape index (κ1) is 13.3. The summed E-state index contributed by atoms with van der Waals surface area (Å²) in [4.78, 5) is 4.52. The molecule has 3 heteroatoms. The molecule has 18 heavy (non-hydrogen) atoms. The summed E-state index contributed by atoms with van der Waals surface area (Å²) in [7, 11) is 0. The van der Waals surface area contributed by atoms with Crippen LogP contribution in [0.3, 0.4) is 0 Å². The largest absolute Gasteiger partial charge is 0.363 e. The Balaban J connectivity index is 2.10. The van der Waals surface area contributed by atoms with Gasteiger partial charge < -0.3 is 11.1 Å². The molecule has 1 fully saturated rings. The number of nitrogens with one attached hydrogen (secondary N) is 1. The molecule has 1 aromatic heterocycles. The molecule has 1 unspecified atom stereocenters. The number of nitrogens with zero attached hydrogens (tertiary/aromatic N) is 1. The fourth-order valence-corrected chi connectivity index (χ4v) is 2.24. The SMILES string of the molecule is CC(C)(C)c1ccc(NC(C)(CN)C2CC2)nc1. The van der Waals surface area contributed by atoms with Crippen molar-refractivity contribution < 1.29 is 0 Å². The molecule has 1 aliphatic carbocycles. The van der Waals surface area contributed by atoms with Crippen molar-refractivity contribution in [3.8, 4) is 0 Å². The van der Waals surface area contributed by atoms with E-state index in [0.717, 1.165) is 5.82 Å². The Hall–Kier alpha value is -1.09. The Bertz CT molecular complexity index is 401. The van der Waals surface area contributed by atoms with Crippen LogP contribution in [0.15, 0.2) is 18.3 Å². The molecule has 0 amide bonds. The van der Waals surface area contributed by atoms with Gasteiger partial charge in [0.1, 0.15) is 5.82 Å². The van der Waals surface area contributed by atoms with Crippen LogP contribution in [0.2, 0.25) is 0 Å². The molecule has 3 nitrogen and oxygen atoms in total. The minimum absolute atomic E-state index is 0.00372. The summed E-state index contributed by atoms with van der Waals surface area (Å²) >= 11 is 0. The lowest BCUT2D eigenvalue weighted by Crippen LogP contribution is -2.44. The van der Waals surface area contributed by atoms with E-state index in [4.69, 9.17) is 5.73 Å². The fraction of sp³-hybridized carbons (Fsp3) is 0.667. The van der Waals surface area contributed by atoms with Crippen molar-refractivity contribution >= 4 is 5.82 Å². The van der Waals surface area contributed by atoms with Crippen molar-refractivity contribution in [1.29, 1.82) is 0 Å². The van der Waals surface area contributed by atoms with E-state index in [9.17, 15) is 0 Å². The lowest BCUT2D eigenvalue weighted by Gasteiger charge is -2.30. The molecular formula is C15H25N3. The van der Waals surface area contributed by atoms with Gasteiger partial charge in [-0.25, -0.2) is 4.98 Å². The molecule has 0 aliphatic heterocycles. The van der Waals surface area contributed by atoms with Crippen LogP contribution in [0.4, 0.5) is 5.82 Å². The van der Waals surface area contributed by atoms with Crippen LogP contribution in [0.25, 0.3) is 0 Å². The second-order valence-electron chi connectivity index (χ2n) is 6.70. The Morgan fingerprint density at radius 3 is 2.33 bits per heavy atom. The molecule has 1 heterocycles. The summed E-state index contributed by atoms with van der Waals surface area (Å²) in [5.74, 6) is 1.63. The second-order valence-corrected chi connectivity index (χ2v) is 6.70. The molecule has 1 aliphatic rings. The van der Waals surface area contributed by atoms with Crippen LogP contribution >= 0.6 is 0 Å². The molecule has 0 spiro atoms. The molecular weight excluding hydrogens is 222 g/mol. The van der Waals surface area contributed by atoms with Gasteiger partial charge in [0, 0.05) is 12.7 Å². The van der Waals surface area contributed by atoms with E-state index in [0.29, 0.717) is 12.5 Å². The van der Waals surface area contributed by atoms with Gasteiger partial charge in [-0.15, -0.1) is 0 Å². The molecule has 0 saturated heterocycles. The van der Waals surface area contributed by atoms with E-state index >= 15 is 0 Å². The van der Waals surface area contributed by atoms with E-state index < -0.39 is 0 Å². The Kier molecular flexibility index (Phi) is 3.37. The second kappa shape index (κ2) is 4.54. The molecule has 0 bridgehead atoms. The topological polar surface area (TPSA) is 50.9 Å². The average molecular weight is 247 g/mol. The van der Waals surface area contributed by atoms with Gasteiger partial charge in [-0.05, 0) is 42.7 Å². The number of aromatic nitrogens is 1. The maximum Gasteiger partial charge on any atom is 0.126 e. The zero-order valence-corrected chi connectivity index (χ0v) is 12.0. The number of anilines is 1. The van der Waals surface area contributed by atoms with Crippen LogP contribution in [0.1, 0.15) is 46.1 Å². The Labute approximate surface area is 110 Å². The summed E-state index contributed by atoms with van der Waals surface area (Å²) in [6.45, 7) is 9.45. The van der Waals surface area contributed by atoms with Crippen molar-refractivity contribution in [3.05, 3.63) is 23.9 Å². The van der Waals surface area contributed by atoms with Gasteiger partial charge in [-0.2, -0.15) is 0 Å². The van der Waals surface area contributed by atoms with Gasteiger partial charge in [0.2, 0.25) is 0 Å². The van der Waals surface area contributed by atoms with Crippen LogP contribution in [0.5, 0.6) is 0 Å². The summed E-state index contributed by atoms with van der Waals surface area (Å²) in [5, 5.41) is 3.51. The van der Waals surface area contributed by atoms with Gasteiger partial charge in [0.05, 0.1) is 5.54 Å². The lowest BCUT2D eigenvalue weighted by atomic mass is 9.88. The van der Waals surface area contributed by atoms with Crippen molar-refractivity contribution in [2.45, 2.75) is 51.5 Å². The molecule has 1 saturated carbocycles. The summed E-state index contributed by atoms with van der Waals surface area (Å²) < 4.78 is 0. The first-order valence-electron chi connectivity index (χ1n) is 6.80. The van der Waals surface area contributed by atoms with Crippen LogP contribution in [-0.4, -0.2) is 17.1 Å². The van der Waals surface area contributed by atoms with Crippen LogP contribution in [-0.2, 0) is 5.41 Å². The Morgan fingerprint density at radius 1 is 1.28 bits per heavy atom. The van der Waals surface area contributed by atoms with Gasteiger partial charge in [-0.1, -0.05) is 26.8 Å². The maximum absolute atomic E-state index is 5.90. The molecule has 3 N–H and O–H groups in total. The standard InChI is InChI=1S/C15H25N3/c1-14(2,3)12-7-8-13(17-9-12)18-15(4,10-16)11-5-6-11/h7-9,11H,5-6,10,16H2,1-4H3,(H,17,18). The van der Waals surface area contributed by atoms with Gasteiger partial charge in [-0.3, -0.25) is 0 Å². The average Bonchev–Trinajstić information content (AvgIpc) is 3.12. The normalized spacial score (nSPS) is 19.4. The highest BCUT2D eigenvalue weighted by atomic mass is 15.1. The van der Waals surface area contributed by atoms with E-state index in [-0.39, 0.29) is 11.0 Å². The number of nitrogens with two attached hydrogens (primary N) is 1. The van der Waals surface area contributed by atoms with E-state index in [1.165, 1.54) is 18.4 Å². The predicted octanol–water partition coefficient (Wildman–Crippen LogP) is 2.92. The monoisotopic (exact) mass is 247 g/mol. The predicted molar refractivity (Wildman–Crippen MR) is 76.7 cm³/mol. The van der Waals surface area contributed by atoms with E-state index in [2.05, 4.69) is 50.1 Å². The number of hydrogen-bond donors (Lipinski definition) is 2. The van der Waals surface area contributed by atoms with E-state index in [1.807, 2.05) is 6.20 Å². The van der Waals surface area contributed by atoms with Crippen molar-refractivity contribution in [3.63, 3.8) is 0 Å². The van der Waals surface area contributed by atoms with E-state index in [1.54, 1.807) is 0 Å². The third-order valence-corrected chi connectivity index (χ3v) is 3.95. The van der Waals surface area contributed by atoms with Crippen LogP contribution < -0.4 is 11.1 Å². The number of hydrogen-bond acceptors (Lipinski definition) is 3. The highest BCUT2D eigenvalue weighted by molar-refractivity contribution is 5.40. The first-order valence-corrected chi connectivity index (χ1v) is 6.80.